The van der Waals surface area contributed by atoms with Crippen LogP contribution in [0.3, 0.4) is 0 Å². The first-order valence-electron chi connectivity index (χ1n) is 9.00. The van der Waals surface area contributed by atoms with Crippen LogP contribution < -0.4 is 4.90 Å². The molecule has 0 atom stereocenters. The van der Waals surface area contributed by atoms with Crippen LogP contribution in [-0.4, -0.2) is 28.8 Å². The molecule has 0 radical (unpaired) electrons. The molecule has 1 aliphatic heterocycles. The van der Waals surface area contributed by atoms with Crippen LogP contribution in [0.5, 0.6) is 0 Å². The Hall–Kier alpha value is -2.24. The molecule has 2 heterocycles. The number of aromatic amines is 1. The number of anilines is 1. The highest BCUT2D eigenvalue weighted by Crippen LogP contribution is 2.29. The molecule has 0 bridgehead atoms. The number of benzene rings is 2. The SMILES string of the molecule is O=C1C(=Cc2ccc(Cl)c(Cl)c2)CN(c2cnc[nH]2)CC1=Cc1ccc(Cl)c(Cl)c1. The minimum Gasteiger partial charge on any atom is -0.348 e. The standard InChI is InChI=1S/C22H15Cl4N3O/c23-17-3-1-13(7-19(17)25)5-15-10-29(21-9-27-12-28-21)11-16(22(15)30)6-14-2-4-18(24)20(26)8-14/h1-9,12H,10-11H2,(H,27,28). The Labute approximate surface area is 193 Å². The first-order valence-corrected chi connectivity index (χ1v) is 10.5. The topological polar surface area (TPSA) is 49.0 Å². The minimum atomic E-state index is -0.0390. The fraction of sp³-hybridized carbons (Fsp3) is 0.0909. The number of H-pyrrole nitrogens is 1. The monoisotopic (exact) mass is 477 g/mol. The normalized spacial score (nSPS) is 17.2. The van der Waals surface area contributed by atoms with E-state index in [-0.39, 0.29) is 5.78 Å². The number of Topliss-reactive ketones (excluding diaryl/α,β-unsaturated/α-hetero) is 1. The summed E-state index contributed by atoms with van der Waals surface area (Å²) >= 11 is 24.3. The number of imidazole rings is 1. The van der Waals surface area contributed by atoms with Gasteiger partial charge in [-0.25, -0.2) is 4.98 Å². The molecule has 0 saturated carbocycles. The molecule has 3 aromatic rings. The van der Waals surface area contributed by atoms with E-state index < -0.39 is 0 Å². The Morgan fingerprint density at radius 1 is 0.833 bits per heavy atom. The lowest BCUT2D eigenvalue weighted by atomic mass is 9.94. The molecular formula is C22H15Cl4N3O. The maximum atomic E-state index is 13.2. The van der Waals surface area contributed by atoms with Crippen molar-refractivity contribution >= 4 is 70.2 Å². The van der Waals surface area contributed by atoms with E-state index in [1.54, 1.807) is 36.8 Å². The molecule has 0 spiro atoms. The first kappa shape index (κ1) is 21.0. The molecule has 1 fully saturated rings. The van der Waals surface area contributed by atoms with Crippen molar-refractivity contribution in [1.82, 2.24) is 9.97 Å². The van der Waals surface area contributed by atoms with Gasteiger partial charge < -0.3 is 9.88 Å². The Morgan fingerprint density at radius 2 is 1.37 bits per heavy atom. The number of carbonyl (C=O) groups excluding carboxylic acids is 1. The molecule has 0 unspecified atom stereocenters. The van der Waals surface area contributed by atoms with Crippen LogP contribution >= 0.6 is 46.4 Å². The van der Waals surface area contributed by atoms with E-state index in [4.69, 9.17) is 46.4 Å². The van der Waals surface area contributed by atoms with Gasteiger partial charge in [0.2, 0.25) is 0 Å². The van der Waals surface area contributed by atoms with Gasteiger partial charge in [0.15, 0.2) is 5.78 Å². The van der Waals surface area contributed by atoms with Gasteiger partial charge in [0, 0.05) is 24.2 Å². The number of aromatic nitrogens is 2. The average molecular weight is 479 g/mol. The average Bonchev–Trinajstić information content (AvgIpc) is 3.25. The highest BCUT2D eigenvalue weighted by molar-refractivity contribution is 6.42. The van der Waals surface area contributed by atoms with Crippen LogP contribution in [0.15, 0.2) is 60.1 Å². The molecule has 1 aliphatic rings. The van der Waals surface area contributed by atoms with Gasteiger partial charge in [-0.1, -0.05) is 58.5 Å². The third-order valence-corrected chi connectivity index (χ3v) is 6.18. The van der Waals surface area contributed by atoms with E-state index in [2.05, 4.69) is 9.97 Å². The van der Waals surface area contributed by atoms with Crippen molar-refractivity contribution in [3.63, 3.8) is 0 Å². The molecule has 30 heavy (non-hydrogen) atoms. The molecule has 0 aliphatic carbocycles. The summed E-state index contributed by atoms with van der Waals surface area (Å²) in [6, 6.07) is 10.5. The summed E-state index contributed by atoms with van der Waals surface area (Å²) in [6.45, 7) is 0.861. The van der Waals surface area contributed by atoms with E-state index in [9.17, 15) is 4.79 Å². The molecule has 4 rings (SSSR count). The van der Waals surface area contributed by atoms with Crippen molar-refractivity contribution in [2.45, 2.75) is 0 Å². The Bertz CT molecular complexity index is 1100. The van der Waals surface area contributed by atoms with Gasteiger partial charge in [-0.2, -0.15) is 0 Å². The molecule has 1 aromatic heterocycles. The van der Waals surface area contributed by atoms with Crippen LogP contribution in [0.1, 0.15) is 11.1 Å². The summed E-state index contributed by atoms with van der Waals surface area (Å²) < 4.78 is 0. The molecule has 152 valence electrons. The molecule has 1 saturated heterocycles. The predicted octanol–water partition coefficient (Wildman–Crippen LogP) is 6.58. The second-order valence-corrected chi connectivity index (χ2v) is 8.44. The van der Waals surface area contributed by atoms with E-state index in [1.165, 1.54) is 0 Å². The second-order valence-electron chi connectivity index (χ2n) is 6.81. The van der Waals surface area contributed by atoms with Crippen molar-refractivity contribution in [2.24, 2.45) is 0 Å². The van der Waals surface area contributed by atoms with E-state index in [0.717, 1.165) is 16.9 Å². The van der Waals surface area contributed by atoms with Gasteiger partial charge in [-0.05, 0) is 47.5 Å². The van der Waals surface area contributed by atoms with Crippen LogP contribution in [-0.2, 0) is 4.79 Å². The van der Waals surface area contributed by atoms with Gasteiger partial charge in [0.25, 0.3) is 0 Å². The molecule has 1 N–H and O–H groups in total. The Balaban J connectivity index is 1.74. The number of nitrogens with one attached hydrogen (secondary N) is 1. The molecule has 4 nitrogen and oxygen atoms in total. The molecule has 0 amide bonds. The van der Waals surface area contributed by atoms with Crippen molar-refractivity contribution in [2.75, 3.05) is 18.0 Å². The largest absolute Gasteiger partial charge is 0.348 e. The van der Waals surface area contributed by atoms with Crippen molar-refractivity contribution in [3.05, 3.63) is 91.3 Å². The summed E-state index contributed by atoms with van der Waals surface area (Å²) in [7, 11) is 0. The highest BCUT2D eigenvalue weighted by atomic mass is 35.5. The highest BCUT2D eigenvalue weighted by Gasteiger charge is 2.27. The third kappa shape index (κ3) is 4.57. The van der Waals surface area contributed by atoms with Gasteiger partial charge in [0.1, 0.15) is 5.82 Å². The van der Waals surface area contributed by atoms with Gasteiger partial charge in [-0.3, -0.25) is 4.79 Å². The maximum Gasteiger partial charge on any atom is 0.188 e. The summed E-state index contributed by atoms with van der Waals surface area (Å²) in [5.74, 6) is 0.783. The maximum absolute atomic E-state index is 13.2. The van der Waals surface area contributed by atoms with Crippen LogP contribution in [0.4, 0.5) is 5.82 Å². The Morgan fingerprint density at radius 3 is 1.80 bits per heavy atom. The third-order valence-electron chi connectivity index (χ3n) is 4.70. The van der Waals surface area contributed by atoms with E-state index >= 15 is 0 Å². The number of piperidine rings is 1. The quantitative estimate of drug-likeness (QED) is 0.432. The lowest BCUT2D eigenvalue weighted by Gasteiger charge is -2.30. The number of carbonyl (C=O) groups is 1. The van der Waals surface area contributed by atoms with Gasteiger partial charge >= 0.3 is 0 Å². The summed E-state index contributed by atoms with van der Waals surface area (Å²) in [5, 5.41) is 1.80. The van der Waals surface area contributed by atoms with Crippen molar-refractivity contribution in [1.29, 1.82) is 0 Å². The summed E-state index contributed by atoms with van der Waals surface area (Å²) in [4.78, 5) is 22.5. The van der Waals surface area contributed by atoms with E-state index in [1.807, 2.05) is 29.2 Å². The van der Waals surface area contributed by atoms with Crippen molar-refractivity contribution in [3.8, 4) is 0 Å². The molecule has 8 heteroatoms. The number of halogens is 4. The number of hydrogen-bond donors (Lipinski definition) is 1. The van der Waals surface area contributed by atoms with Crippen LogP contribution in [0, 0.1) is 0 Å². The molecular weight excluding hydrogens is 464 g/mol. The lowest BCUT2D eigenvalue weighted by Crippen LogP contribution is -2.37. The number of nitrogens with zero attached hydrogens (tertiary/aromatic N) is 2. The fourth-order valence-electron chi connectivity index (χ4n) is 3.24. The van der Waals surface area contributed by atoms with Crippen LogP contribution in [0.2, 0.25) is 20.1 Å². The fourth-order valence-corrected chi connectivity index (χ4v) is 3.85. The van der Waals surface area contributed by atoms with Crippen molar-refractivity contribution < 1.29 is 4.79 Å². The molecule has 2 aromatic carbocycles. The smallest absolute Gasteiger partial charge is 0.188 e. The van der Waals surface area contributed by atoms with Gasteiger partial charge in [-0.15, -0.1) is 0 Å². The van der Waals surface area contributed by atoms with E-state index in [0.29, 0.717) is 44.3 Å². The summed E-state index contributed by atoms with van der Waals surface area (Å²) in [6.07, 6.45) is 6.99. The lowest BCUT2D eigenvalue weighted by molar-refractivity contribution is -0.112. The van der Waals surface area contributed by atoms with Crippen LogP contribution in [0.25, 0.3) is 12.2 Å². The number of hydrogen-bond acceptors (Lipinski definition) is 3. The summed E-state index contributed by atoms with van der Waals surface area (Å²) in [5.41, 5.74) is 2.85. The predicted molar refractivity (Wildman–Crippen MR) is 125 cm³/mol. The Kier molecular flexibility index (Phi) is 6.21. The second kappa shape index (κ2) is 8.86. The zero-order chi connectivity index (χ0) is 21.3. The zero-order valence-electron chi connectivity index (χ0n) is 15.5. The number of rotatable bonds is 3. The number of ketones is 1. The van der Waals surface area contributed by atoms with Gasteiger partial charge in [0.05, 0.1) is 32.6 Å². The first-order chi connectivity index (χ1) is 14.4. The zero-order valence-corrected chi connectivity index (χ0v) is 18.5. The minimum absolute atomic E-state index is 0.0390.